The molecular weight excluding hydrogens is 326 g/mol. The van der Waals surface area contributed by atoms with Crippen molar-refractivity contribution in [1.82, 2.24) is 10.0 Å². The zero-order valence-electron chi connectivity index (χ0n) is 13.9. The predicted molar refractivity (Wildman–Crippen MR) is 93.4 cm³/mol. The Kier molecular flexibility index (Phi) is 5.10. The van der Waals surface area contributed by atoms with Gasteiger partial charge in [0.2, 0.25) is 10.0 Å². The van der Waals surface area contributed by atoms with Crippen LogP contribution in [0.15, 0.2) is 29.2 Å². The van der Waals surface area contributed by atoms with Crippen molar-refractivity contribution in [2.24, 2.45) is 5.92 Å². The predicted octanol–water partition coefficient (Wildman–Crippen LogP) is 2.83. The van der Waals surface area contributed by atoms with E-state index in [0.29, 0.717) is 11.6 Å². The molecule has 2 saturated carbocycles. The minimum atomic E-state index is -3.49. The minimum absolute atomic E-state index is 0.0440. The fourth-order valence-electron chi connectivity index (χ4n) is 3.14. The standard InChI is InChI=1S/C17H25N3O3S/c1-12(13-6-7-13)18-17(21)19-14-8-10-16(11-9-14)24(22,23)20-15-4-2-3-5-15/h8-13,15,20H,2-7H2,1H3,(H2,18,19,21)/t12-/m1/s1. The molecule has 7 heteroatoms. The number of sulfonamides is 1. The number of hydrogen-bond donors (Lipinski definition) is 3. The Labute approximate surface area is 143 Å². The number of rotatable bonds is 6. The summed E-state index contributed by atoms with van der Waals surface area (Å²) >= 11 is 0. The fraction of sp³-hybridized carbons (Fsp3) is 0.588. The monoisotopic (exact) mass is 351 g/mol. The largest absolute Gasteiger partial charge is 0.335 e. The normalized spacial score (nSPS) is 19.9. The number of hydrogen-bond acceptors (Lipinski definition) is 3. The van der Waals surface area contributed by atoms with Crippen LogP contribution in [0.5, 0.6) is 0 Å². The molecule has 0 heterocycles. The van der Waals surface area contributed by atoms with E-state index in [-0.39, 0.29) is 23.0 Å². The molecule has 2 fully saturated rings. The molecule has 2 aliphatic carbocycles. The Hall–Kier alpha value is -1.60. The molecule has 1 aromatic rings. The first-order valence-electron chi connectivity index (χ1n) is 8.64. The molecule has 6 nitrogen and oxygen atoms in total. The summed E-state index contributed by atoms with van der Waals surface area (Å²) < 4.78 is 27.4. The van der Waals surface area contributed by atoms with Gasteiger partial charge in [-0.25, -0.2) is 17.9 Å². The maximum Gasteiger partial charge on any atom is 0.319 e. The Morgan fingerprint density at radius 1 is 1.08 bits per heavy atom. The van der Waals surface area contributed by atoms with Crippen LogP contribution in [-0.2, 0) is 10.0 Å². The van der Waals surface area contributed by atoms with Crippen LogP contribution in [0.2, 0.25) is 0 Å². The first-order valence-corrected chi connectivity index (χ1v) is 10.1. The summed E-state index contributed by atoms with van der Waals surface area (Å²) in [5, 5.41) is 5.64. The maximum atomic E-state index is 12.3. The van der Waals surface area contributed by atoms with Crippen LogP contribution in [0, 0.1) is 5.92 Å². The Balaban J connectivity index is 1.56. The van der Waals surface area contributed by atoms with Crippen molar-refractivity contribution in [3.05, 3.63) is 24.3 Å². The third kappa shape index (κ3) is 4.48. The summed E-state index contributed by atoms with van der Waals surface area (Å²) in [5.74, 6) is 0.588. The topological polar surface area (TPSA) is 87.3 Å². The summed E-state index contributed by atoms with van der Waals surface area (Å²) in [4.78, 5) is 12.1. The Morgan fingerprint density at radius 2 is 1.71 bits per heavy atom. The van der Waals surface area contributed by atoms with Gasteiger partial charge >= 0.3 is 6.03 Å². The first-order chi connectivity index (χ1) is 11.4. The van der Waals surface area contributed by atoms with Crippen LogP contribution in [0.1, 0.15) is 45.4 Å². The number of carbonyl (C=O) groups is 1. The highest BCUT2D eigenvalue weighted by Gasteiger charge is 2.29. The molecule has 0 saturated heterocycles. The lowest BCUT2D eigenvalue weighted by Gasteiger charge is -2.15. The van der Waals surface area contributed by atoms with Gasteiger partial charge in [0, 0.05) is 17.8 Å². The molecular formula is C17H25N3O3S. The van der Waals surface area contributed by atoms with Gasteiger partial charge in [-0.3, -0.25) is 0 Å². The molecule has 0 bridgehead atoms. The number of amides is 2. The van der Waals surface area contributed by atoms with E-state index in [4.69, 9.17) is 0 Å². The molecule has 2 amide bonds. The molecule has 0 radical (unpaired) electrons. The Bertz CT molecular complexity index is 678. The fourth-order valence-corrected chi connectivity index (χ4v) is 4.44. The van der Waals surface area contributed by atoms with Crippen molar-refractivity contribution in [3.63, 3.8) is 0 Å². The number of nitrogens with one attached hydrogen (secondary N) is 3. The van der Waals surface area contributed by atoms with E-state index in [1.54, 1.807) is 12.1 Å². The minimum Gasteiger partial charge on any atom is -0.335 e. The lowest BCUT2D eigenvalue weighted by molar-refractivity contribution is 0.248. The summed E-state index contributed by atoms with van der Waals surface area (Å²) in [6, 6.07) is 6.24. The molecule has 0 aliphatic heterocycles. The van der Waals surface area contributed by atoms with E-state index >= 15 is 0 Å². The van der Waals surface area contributed by atoms with E-state index in [9.17, 15) is 13.2 Å². The SMILES string of the molecule is C[C@@H](NC(=O)Nc1ccc(S(=O)(=O)NC2CCCC2)cc1)C1CC1. The van der Waals surface area contributed by atoms with Gasteiger partial charge in [0.05, 0.1) is 4.90 Å². The van der Waals surface area contributed by atoms with Crippen molar-refractivity contribution in [1.29, 1.82) is 0 Å². The quantitative estimate of drug-likeness (QED) is 0.736. The molecule has 1 atom stereocenters. The van der Waals surface area contributed by atoms with E-state index in [1.807, 2.05) is 6.92 Å². The maximum absolute atomic E-state index is 12.3. The number of urea groups is 1. The van der Waals surface area contributed by atoms with Crippen molar-refractivity contribution >= 4 is 21.7 Å². The third-order valence-corrected chi connectivity index (χ3v) is 6.32. The molecule has 2 aliphatic rings. The van der Waals surface area contributed by atoms with Crippen molar-refractivity contribution in [2.45, 2.75) is 62.4 Å². The summed E-state index contributed by atoms with van der Waals surface area (Å²) in [6.07, 6.45) is 6.29. The van der Waals surface area contributed by atoms with Gasteiger partial charge in [-0.1, -0.05) is 12.8 Å². The molecule has 0 unspecified atom stereocenters. The van der Waals surface area contributed by atoms with Crippen LogP contribution in [0.3, 0.4) is 0 Å². The van der Waals surface area contributed by atoms with Crippen molar-refractivity contribution in [2.75, 3.05) is 5.32 Å². The number of benzene rings is 1. The second kappa shape index (κ2) is 7.11. The van der Waals surface area contributed by atoms with Crippen molar-refractivity contribution in [3.8, 4) is 0 Å². The summed E-state index contributed by atoms with van der Waals surface area (Å²) in [6.45, 7) is 2.00. The van der Waals surface area contributed by atoms with E-state index in [1.165, 1.54) is 25.0 Å². The van der Waals surface area contributed by atoms with Gasteiger partial charge in [0.15, 0.2) is 0 Å². The zero-order chi connectivity index (χ0) is 17.2. The lowest BCUT2D eigenvalue weighted by Crippen LogP contribution is -2.37. The van der Waals surface area contributed by atoms with E-state index in [0.717, 1.165) is 25.7 Å². The highest BCUT2D eigenvalue weighted by Crippen LogP contribution is 2.32. The van der Waals surface area contributed by atoms with Crippen LogP contribution in [0.4, 0.5) is 10.5 Å². The van der Waals surface area contributed by atoms with Gasteiger partial charge in [-0.15, -0.1) is 0 Å². The molecule has 1 aromatic carbocycles. The van der Waals surface area contributed by atoms with Crippen LogP contribution < -0.4 is 15.4 Å². The zero-order valence-corrected chi connectivity index (χ0v) is 14.7. The van der Waals surface area contributed by atoms with Gasteiger partial charge < -0.3 is 10.6 Å². The average Bonchev–Trinajstić information content (AvgIpc) is 3.27. The van der Waals surface area contributed by atoms with Gasteiger partial charge in [0.25, 0.3) is 0 Å². The highest BCUT2D eigenvalue weighted by molar-refractivity contribution is 7.89. The first kappa shape index (κ1) is 17.2. The van der Waals surface area contributed by atoms with E-state index in [2.05, 4.69) is 15.4 Å². The lowest BCUT2D eigenvalue weighted by atomic mass is 10.2. The molecule has 24 heavy (non-hydrogen) atoms. The highest BCUT2D eigenvalue weighted by atomic mass is 32.2. The Morgan fingerprint density at radius 3 is 2.29 bits per heavy atom. The van der Waals surface area contributed by atoms with Crippen molar-refractivity contribution < 1.29 is 13.2 Å². The van der Waals surface area contributed by atoms with Crippen LogP contribution in [0.25, 0.3) is 0 Å². The number of anilines is 1. The molecule has 3 rings (SSSR count). The molecule has 132 valence electrons. The smallest absolute Gasteiger partial charge is 0.319 e. The third-order valence-electron chi connectivity index (χ3n) is 4.79. The molecule has 0 aromatic heterocycles. The van der Waals surface area contributed by atoms with Crippen LogP contribution in [-0.4, -0.2) is 26.5 Å². The summed E-state index contributed by atoms with van der Waals surface area (Å²) in [5.41, 5.74) is 0.579. The summed E-state index contributed by atoms with van der Waals surface area (Å²) in [7, 11) is -3.49. The second-order valence-electron chi connectivity index (χ2n) is 6.85. The van der Waals surface area contributed by atoms with E-state index < -0.39 is 10.0 Å². The van der Waals surface area contributed by atoms with Gasteiger partial charge in [-0.2, -0.15) is 0 Å². The van der Waals surface area contributed by atoms with Gasteiger partial charge in [-0.05, 0) is 62.8 Å². The molecule has 3 N–H and O–H groups in total. The second-order valence-corrected chi connectivity index (χ2v) is 8.57. The average molecular weight is 351 g/mol. The van der Waals surface area contributed by atoms with Gasteiger partial charge in [0.1, 0.15) is 0 Å². The number of carbonyl (C=O) groups excluding carboxylic acids is 1. The molecule has 0 spiro atoms. The van der Waals surface area contributed by atoms with Crippen LogP contribution >= 0.6 is 0 Å².